The van der Waals surface area contributed by atoms with E-state index in [1.54, 1.807) is 6.08 Å². The van der Waals surface area contributed by atoms with Gasteiger partial charge in [-0.2, -0.15) is 8.42 Å². The molecule has 0 bridgehead atoms. The lowest BCUT2D eigenvalue weighted by Crippen LogP contribution is -2.02. The van der Waals surface area contributed by atoms with Crippen LogP contribution in [0.1, 0.15) is 11.1 Å². The van der Waals surface area contributed by atoms with Crippen LogP contribution in [-0.2, 0) is 10.1 Å². The van der Waals surface area contributed by atoms with Crippen LogP contribution in [-0.4, -0.2) is 17.9 Å². The molecule has 0 saturated carbocycles. The standard InChI is InChI=1S/C14H11NO5S/c16-15(17)13-9-8-12(14(10-13)21(18,19)20)7-6-11-4-2-1-3-5-11/h1-10H,(H,18,19,20). The number of nitro groups is 1. The number of hydrogen-bond acceptors (Lipinski definition) is 4. The van der Waals surface area contributed by atoms with E-state index in [1.807, 2.05) is 30.3 Å². The molecule has 0 aromatic heterocycles. The Hall–Kier alpha value is -2.51. The molecule has 0 aliphatic carbocycles. The van der Waals surface area contributed by atoms with Gasteiger partial charge < -0.3 is 0 Å². The van der Waals surface area contributed by atoms with Gasteiger partial charge in [0.15, 0.2) is 0 Å². The fourth-order valence-electron chi connectivity index (χ4n) is 1.75. The molecule has 0 spiro atoms. The lowest BCUT2D eigenvalue weighted by atomic mass is 10.1. The first kappa shape index (κ1) is 14.9. The quantitative estimate of drug-likeness (QED) is 0.405. The molecule has 0 radical (unpaired) electrons. The Kier molecular flexibility index (Phi) is 4.15. The van der Waals surface area contributed by atoms with E-state index >= 15 is 0 Å². The molecule has 0 fully saturated rings. The summed E-state index contributed by atoms with van der Waals surface area (Å²) in [6.45, 7) is 0. The Bertz CT molecular complexity index is 797. The first-order chi connectivity index (χ1) is 9.88. The molecule has 0 unspecified atom stereocenters. The average Bonchev–Trinajstić information content (AvgIpc) is 2.45. The number of nitrogens with zero attached hydrogens (tertiary/aromatic N) is 1. The fraction of sp³-hybridized carbons (Fsp3) is 0. The van der Waals surface area contributed by atoms with E-state index in [-0.39, 0.29) is 5.56 Å². The molecule has 0 heterocycles. The largest absolute Gasteiger partial charge is 0.295 e. The van der Waals surface area contributed by atoms with E-state index in [1.165, 1.54) is 18.2 Å². The zero-order valence-corrected chi connectivity index (χ0v) is 11.5. The second kappa shape index (κ2) is 5.86. The Morgan fingerprint density at radius 3 is 2.29 bits per heavy atom. The van der Waals surface area contributed by atoms with E-state index in [0.29, 0.717) is 0 Å². The molecule has 2 aromatic rings. The summed E-state index contributed by atoms with van der Waals surface area (Å²) >= 11 is 0. The highest BCUT2D eigenvalue weighted by atomic mass is 32.2. The lowest BCUT2D eigenvalue weighted by Gasteiger charge is -2.03. The number of rotatable bonds is 4. The summed E-state index contributed by atoms with van der Waals surface area (Å²) in [7, 11) is -4.55. The number of hydrogen-bond donors (Lipinski definition) is 1. The van der Waals surface area contributed by atoms with Crippen LogP contribution in [0.3, 0.4) is 0 Å². The second-order valence-corrected chi connectivity index (χ2v) is 5.59. The van der Waals surface area contributed by atoms with Crippen molar-refractivity contribution in [2.24, 2.45) is 0 Å². The predicted octanol–water partition coefficient (Wildman–Crippen LogP) is 3.01. The van der Waals surface area contributed by atoms with Gasteiger partial charge in [0.1, 0.15) is 4.90 Å². The van der Waals surface area contributed by atoms with E-state index < -0.39 is 25.6 Å². The van der Waals surface area contributed by atoms with Gasteiger partial charge in [-0.15, -0.1) is 0 Å². The molecular formula is C14H11NO5S. The van der Waals surface area contributed by atoms with Gasteiger partial charge in [-0.05, 0) is 17.2 Å². The molecule has 7 heteroatoms. The molecule has 108 valence electrons. The summed E-state index contributed by atoms with van der Waals surface area (Å²) in [5.41, 5.74) is 0.601. The molecule has 1 N–H and O–H groups in total. The second-order valence-electron chi connectivity index (χ2n) is 4.20. The molecule has 2 rings (SSSR count). The van der Waals surface area contributed by atoms with Crippen molar-refractivity contribution >= 4 is 28.0 Å². The van der Waals surface area contributed by atoms with Crippen molar-refractivity contribution in [1.82, 2.24) is 0 Å². The van der Waals surface area contributed by atoms with Gasteiger partial charge in [0.05, 0.1) is 4.92 Å². The molecule has 6 nitrogen and oxygen atoms in total. The Morgan fingerprint density at radius 1 is 1.05 bits per heavy atom. The smallest absolute Gasteiger partial charge is 0.282 e. The SMILES string of the molecule is O=[N+]([O-])c1ccc(C=Cc2ccccc2)c(S(=O)(=O)O)c1. The van der Waals surface area contributed by atoms with Crippen LogP contribution in [0.4, 0.5) is 5.69 Å². The van der Waals surface area contributed by atoms with E-state index in [9.17, 15) is 23.1 Å². The van der Waals surface area contributed by atoms with Crippen LogP contribution in [0.25, 0.3) is 12.2 Å². The first-order valence-electron chi connectivity index (χ1n) is 5.87. The molecule has 2 aromatic carbocycles. The zero-order chi connectivity index (χ0) is 15.5. The van der Waals surface area contributed by atoms with Gasteiger partial charge >= 0.3 is 0 Å². The van der Waals surface area contributed by atoms with Crippen LogP contribution in [0, 0.1) is 10.1 Å². The number of non-ortho nitro benzene ring substituents is 1. The van der Waals surface area contributed by atoms with Crippen molar-refractivity contribution in [3.8, 4) is 0 Å². The third-order valence-corrected chi connectivity index (χ3v) is 3.65. The topological polar surface area (TPSA) is 97.5 Å². The minimum Gasteiger partial charge on any atom is -0.282 e. The average molecular weight is 305 g/mol. The molecular weight excluding hydrogens is 294 g/mol. The molecule has 0 atom stereocenters. The summed E-state index contributed by atoms with van der Waals surface area (Å²) in [6, 6.07) is 12.4. The highest BCUT2D eigenvalue weighted by Crippen LogP contribution is 2.24. The zero-order valence-electron chi connectivity index (χ0n) is 10.7. The molecule has 0 aliphatic rings. The van der Waals surface area contributed by atoms with Crippen molar-refractivity contribution in [3.63, 3.8) is 0 Å². The fourth-order valence-corrected chi connectivity index (χ4v) is 2.45. The van der Waals surface area contributed by atoms with Crippen LogP contribution in [0.2, 0.25) is 0 Å². The number of nitro benzene ring substituents is 1. The Balaban J connectivity index is 2.49. The van der Waals surface area contributed by atoms with Gasteiger partial charge in [-0.25, -0.2) is 0 Å². The van der Waals surface area contributed by atoms with Crippen LogP contribution >= 0.6 is 0 Å². The monoisotopic (exact) mass is 305 g/mol. The van der Waals surface area contributed by atoms with Gasteiger partial charge in [0, 0.05) is 12.1 Å². The maximum absolute atomic E-state index is 11.3. The van der Waals surface area contributed by atoms with Crippen molar-refractivity contribution in [2.75, 3.05) is 0 Å². The van der Waals surface area contributed by atoms with Crippen molar-refractivity contribution in [1.29, 1.82) is 0 Å². The molecule has 0 aliphatic heterocycles. The summed E-state index contributed by atoms with van der Waals surface area (Å²) in [6.07, 6.45) is 3.12. The minimum atomic E-state index is -4.55. The summed E-state index contributed by atoms with van der Waals surface area (Å²) in [5, 5.41) is 10.7. The summed E-state index contributed by atoms with van der Waals surface area (Å²) in [4.78, 5) is 9.46. The van der Waals surface area contributed by atoms with Crippen molar-refractivity contribution < 1.29 is 17.9 Å². The van der Waals surface area contributed by atoms with E-state index in [4.69, 9.17) is 0 Å². The Morgan fingerprint density at radius 2 is 1.71 bits per heavy atom. The van der Waals surface area contributed by atoms with Gasteiger partial charge in [-0.1, -0.05) is 42.5 Å². The highest BCUT2D eigenvalue weighted by molar-refractivity contribution is 7.86. The number of benzene rings is 2. The van der Waals surface area contributed by atoms with Crippen LogP contribution < -0.4 is 0 Å². The summed E-state index contributed by atoms with van der Waals surface area (Å²) in [5.74, 6) is 0. The van der Waals surface area contributed by atoms with Crippen molar-refractivity contribution in [2.45, 2.75) is 4.90 Å². The molecule has 0 saturated heterocycles. The minimum absolute atomic E-state index is 0.173. The van der Waals surface area contributed by atoms with Crippen molar-refractivity contribution in [3.05, 3.63) is 69.8 Å². The van der Waals surface area contributed by atoms with Gasteiger partial charge in [0.2, 0.25) is 0 Å². The molecule has 0 amide bonds. The highest BCUT2D eigenvalue weighted by Gasteiger charge is 2.18. The van der Waals surface area contributed by atoms with Gasteiger partial charge in [0.25, 0.3) is 15.8 Å². The first-order valence-corrected chi connectivity index (χ1v) is 7.31. The summed E-state index contributed by atoms with van der Waals surface area (Å²) < 4.78 is 31.9. The third kappa shape index (κ3) is 3.74. The van der Waals surface area contributed by atoms with E-state index in [0.717, 1.165) is 11.6 Å². The lowest BCUT2D eigenvalue weighted by molar-refractivity contribution is -0.385. The third-order valence-electron chi connectivity index (χ3n) is 2.74. The maximum atomic E-state index is 11.3. The molecule has 21 heavy (non-hydrogen) atoms. The Labute approximate surface area is 121 Å². The van der Waals surface area contributed by atoms with Gasteiger partial charge in [-0.3, -0.25) is 14.7 Å². The van der Waals surface area contributed by atoms with Crippen LogP contribution in [0.5, 0.6) is 0 Å². The predicted molar refractivity (Wildman–Crippen MR) is 78.3 cm³/mol. The normalized spacial score (nSPS) is 11.7. The maximum Gasteiger partial charge on any atom is 0.295 e. The van der Waals surface area contributed by atoms with Crippen LogP contribution in [0.15, 0.2) is 53.4 Å². The van der Waals surface area contributed by atoms with E-state index in [2.05, 4.69) is 0 Å².